The Kier molecular flexibility index (Phi) is 21.5. The summed E-state index contributed by atoms with van der Waals surface area (Å²) in [6.45, 7) is -0.729. The van der Waals surface area contributed by atoms with Gasteiger partial charge in [0.15, 0.2) is 6.61 Å². The summed E-state index contributed by atoms with van der Waals surface area (Å²) in [5, 5.41) is 24.0. The molecule has 0 saturated heterocycles. The van der Waals surface area contributed by atoms with Gasteiger partial charge in [-0.1, -0.05) is 7.43 Å². The van der Waals surface area contributed by atoms with Crippen LogP contribution in [0.2, 0.25) is 0 Å². The van der Waals surface area contributed by atoms with Crippen molar-refractivity contribution in [1.82, 2.24) is 0 Å². The van der Waals surface area contributed by atoms with E-state index in [2.05, 4.69) is 0 Å². The second-order valence-corrected chi connectivity index (χ2v) is 1.02. The molecule has 4 heteroatoms. The van der Waals surface area contributed by atoms with E-state index in [0.29, 0.717) is 0 Å². The molecule has 0 aliphatic rings. The predicted molar refractivity (Wildman–Crippen MR) is 26.1 cm³/mol. The van der Waals surface area contributed by atoms with Gasteiger partial charge in [0.2, 0.25) is 0 Å². The maximum atomic E-state index is 9.49. The van der Waals surface area contributed by atoms with Gasteiger partial charge in [-0.15, -0.1) is 6.61 Å². The molecule has 8 heavy (non-hydrogen) atoms. The molecule has 0 aliphatic heterocycles. The zero-order valence-corrected chi connectivity index (χ0v) is 6.35. The number of aliphatic hydroxyl groups is 1. The largest absolute Gasteiger partial charge is 1.00 e. The second kappa shape index (κ2) is 10.8. The van der Waals surface area contributed by atoms with Crippen LogP contribution in [0.3, 0.4) is 0 Å². The molecule has 0 aromatic carbocycles. The van der Waals surface area contributed by atoms with Crippen molar-refractivity contribution < 1.29 is 44.9 Å². The quantitative estimate of drug-likeness (QED) is 0.301. The van der Waals surface area contributed by atoms with Crippen molar-refractivity contribution >= 4 is 0 Å². The smallest absolute Gasteiger partial charge is 0.852 e. The van der Waals surface area contributed by atoms with E-state index in [0.717, 1.165) is 0 Å². The Morgan fingerprint density at radius 3 is 2.00 bits per heavy atom. The summed E-state index contributed by atoms with van der Waals surface area (Å²) in [6.07, 6.45) is -0.954. The van der Waals surface area contributed by atoms with Crippen LogP contribution in [0, 0.1) is 0 Å². The van der Waals surface area contributed by atoms with Crippen LogP contribution in [0.5, 0.6) is 0 Å². The first kappa shape index (κ1) is 15.9. The molecular formula is C4H12NaO3+. The number of hydrogen-bond acceptors (Lipinski definition) is 2. The predicted octanol–water partition coefficient (Wildman–Crippen LogP) is -4.93. The SMILES string of the molecule is C.[Na+].[O-]CC(O)C[OH2+]. The number of rotatable bonds is 2. The van der Waals surface area contributed by atoms with Gasteiger partial charge in [0.1, 0.15) is 6.10 Å². The van der Waals surface area contributed by atoms with Gasteiger partial charge in [0, 0.05) is 0 Å². The Labute approximate surface area is 71.6 Å². The van der Waals surface area contributed by atoms with Gasteiger partial charge in [-0.25, -0.2) is 0 Å². The molecule has 0 aromatic heterocycles. The molecule has 0 rings (SSSR count). The third-order valence-corrected chi connectivity index (χ3v) is 0.428. The molecule has 3 N–H and O–H groups in total. The topological polar surface area (TPSA) is 66.2 Å². The Bertz CT molecular complexity index is 30.5. The standard InChI is InChI=1S/C3H7O3.CH4.Na/c4-1-3(6)2-5;;/h3-4,6H,1-2H2;1H4;/q-1;;+1/p+1. The number of aliphatic hydroxyl groups excluding tert-OH is 1. The second-order valence-electron chi connectivity index (χ2n) is 1.02. The van der Waals surface area contributed by atoms with Crippen LogP contribution in [0.15, 0.2) is 0 Å². The molecule has 3 nitrogen and oxygen atoms in total. The molecule has 0 saturated carbocycles. The molecule has 0 radical (unpaired) electrons. The third-order valence-electron chi connectivity index (χ3n) is 0.428. The van der Waals surface area contributed by atoms with E-state index in [1.807, 2.05) is 0 Å². The first-order valence-electron chi connectivity index (χ1n) is 1.72. The molecule has 1 atom stereocenters. The molecule has 0 spiro atoms. The Hall–Kier alpha value is 0.880. The summed E-state index contributed by atoms with van der Waals surface area (Å²) >= 11 is 0. The first-order valence-corrected chi connectivity index (χ1v) is 1.72. The van der Waals surface area contributed by atoms with Gasteiger partial charge in [-0.3, -0.25) is 0 Å². The van der Waals surface area contributed by atoms with Crippen LogP contribution in [0.25, 0.3) is 0 Å². The molecule has 0 heterocycles. The van der Waals surface area contributed by atoms with Crippen LogP contribution in [0.1, 0.15) is 7.43 Å². The monoisotopic (exact) mass is 131 g/mol. The van der Waals surface area contributed by atoms with Crippen molar-refractivity contribution in [1.29, 1.82) is 0 Å². The summed E-state index contributed by atoms with van der Waals surface area (Å²) in [5.74, 6) is 0. The summed E-state index contributed by atoms with van der Waals surface area (Å²) < 4.78 is 0. The van der Waals surface area contributed by atoms with E-state index < -0.39 is 12.7 Å². The summed E-state index contributed by atoms with van der Waals surface area (Å²) in [5.41, 5.74) is 0. The van der Waals surface area contributed by atoms with Gasteiger partial charge in [0.05, 0.1) is 0 Å². The average molecular weight is 131 g/mol. The molecule has 0 aromatic rings. The summed E-state index contributed by atoms with van der Waals surface area (Å²) in [7, 11) is 0. The fourth-order valence-electron chi connectivity index (χ4n) is 0.0589. The van der Waals surface area contributed by atoms with E-state index in [-0.39, 0.29) is 43.6 Å². The van der Waals surface area contributed by atoms with Crippen LogP contribution in [-0.2, 0) is 0 Å². The van der Waals surface area contributed by atoms with Crippen LogP contribution >= 0.6 is 0 Å². The minimum Gasteiger partial charge on any atom is -0.852 e. The van der Waals surface area contributed by atoms with Crippen molar-refractivity contribution in [2.24, 2.45) is 0 Å². The van der Waals surface area contributed by atoms with E-state index in [4.69, 9.17) is 10.2 Å². The van der Waals surface area contributed by atoms with E-state index in [9.17, 15) is 5.11 Å². The Balaban J connectivity index is -0.000000125. The molecule has 0 amide bonds. The molecule has 0 bridgehead atoms. The fourth-order valence-corrected chi connectivity index (χ4v) is 0.0589. The zero-order chi connectivity index (χ0) is 4.99. The molecule has 46 valence electrons. The van der Waals surface area contributed by atoms with Gasteiger partial charge >= 0.3 is 29.6 Å². The number of hydrogen-bond donors (Lipinski definition) is 1. The van der Waals surface area contributed by atoms with Gasteiger partial charge < -0.3 is 15.3 Å². The van der Waals surface area contributed by atoms with Gasteiger partial charge in [-0.2, -0.15) is 0 Å². The molecule has 1 unspecified atom stereocenters. The zero-order valence-electron chi connectivity index (χ0n) is 4.35. The fraction of sp³-hybridized carbons (Fsp3) is 1.00. The van der Waals surface area contributed by atoms with Crippen LogP contribution in [0.4, 0.5) is 0 Å². The van der Waals surface area contributed by atoms with Crippen molar-refractivity contribution in [3.8, 4) is 0 Å². The third kappa shape index (κ3) is 9.99. The minimum absolute atomic E-state index is 0. The summed E-state index contributed by atoms with van der Waals surface area (Å²) in [6, 6.07) is 0. The van der Waals surface area contributed by atoms with Crippen molar-refractivity contribution in [2.75, 3.05) is 13.2 Å². The Morgan fingerprint density at radius 1 is 1.62 bits per heavy atom. The minimum atomic E-state index is -0.954. The van der Waals surface area contributed by atoms with Crippen molar-refractivity contribution in [3.05, 3.63) is 0 Å². The van der Waals surface area contributed by atoms with Gasteiger partial charge in [-0.05, 0) is 0 Å². The van der Waals surface area contributed by atoms with Crippen molar-refractivity contribution in [2.45, 2.75) is 13.5 Å². The van der Waals surface area contributed by atoms with E-state index >= 15 is 0 Å². The first-order chi connectivity index (χ1) is 2.81. The maximum absolute atomic E-state index is 9.49. The normalized spacial score (nSPS) is 10.9. The van der Waals surface area contributed by atoms with Crippen molar-refractivity contribution in [3.63, 3.8) is 0 Å². The average Bonchev–Trinajstić information content (AvgIpc) is 1.65. The Morgan fingerprint density at radius 2 is 2.00 bits per heavy atom. The van der Waals surface area contributed by atoms with Crippen LogP contribution < -0.4 is 34.7 Å². The van der Waals surface area contributed by atoms with E-state index in [1.54, 1.807) is 0 Å². The maximum Gasteiger partial charge on any atom is 1.00 e. The molecule has 0 fully saturated rings. The molecule has 0 aliphatic carbocycles. The summed E-state index contributed by atoms with van der Waals surface area (Å²) in [4.78, 5) is 0. The van der Waals surface area contributed by atoms with Crippen LogP contribution in [-0.4, -0.2) is 29.5 Å². The molecular weight excluding hydrogens is 119 g/mol. The van der Waals surface area contributed by atoms with E-state index in [1.165, 1.54) is 0 Å². The van der Waals surface area contributed by atoms with Gasteiger partial charge in [0.25, 0.3) is 0 Å².